The van der Waals surface area contributed by atoms with Gasteiger partial charge < -0.3 is 9.26 Å². The lowest BCUT2D eigenvalue weighted by Gasteiger charge is -2.10. The van der Waals surface area contributed by atoms with Crippen LogP contribution < -0.4 is 15.6 Å². The van der Waals surface area contributed by atoms with Gasteiger partial charge in [0, 0.05) is 18.4 Å². The number of hydrogen-bond donors (Lipinski definition) is 2. The van der Waals surface area contributed by atoms with Crippen LogP contribution in [-0.4, -0.2) is 28.6 Å². The zero-order valence-electron chi connectivity index (χ0n) is 17.5. The summed E-state index contributed by atoms with van der Waals surface area (Å²) in [5.41, 5.74) is 7.54. The van der Waals surface area contributed by atoms with Crippen LogP contribution in [0.15, 0.2) is 40.9 Å². The highest BCUT2D eigenvalue weighted by atomic mass is 19.1. The van der Waals surface area contributed by atoms with Gasteiger partial charge in [0.2, 0.25) is 17.6 Å². The minimum Gasteiger partial charge on any atom is -0.483 e. The molecule has 2 N–H and O–H groups in total. The molecule has 0 saturated carbocycles. The van der Waals surface area contributed by atoms with Gasteiger partial charge in [-0.15, -0.1) is 0 Å². The fourth-order valence-corrected chi connectivity index (χ4v) is 2.67. The molecule has 0 saturated heterocycles. The van der Waals surface area contributed by atoms with Gasteiger partial charge in [-0.3, -0.25) is 20.4 Å². The first kappa shape index (κ1) is 21.9. The second-order valence-electron chi connectivity index (χ2n) is 7.13. The fraction of sp³-hybridized carbons (Fsp3) is 0.273. The Balaban J connectivity index is 1.42. The molecule has 0 bridgehead atoms. The fourth-order valence-electron chi connectivity index (χ4n) is 2.67. The first-order valence-electron chi connectivity index (χ1n) is 9.68. The number of carbonyl (C=O) groups excluding carboxylic acids is 2. The zero-order chi connectivity index (χ0) is 22.4. The molecule has 9 heteroatoms. The lowest BCUT2D eigenvalue weighted by molar-refractivity contribution is -0.130. The third-order valence-corrected chi connectivity index (χ3v) is 4.51. The molecule has 0 radical (unpaired) electrons. The second kappa shape index (κ2) is 9.84. The molecule has 3 aromatic rings. The molecule has 2 aromatic carbocycles. The maximum Gasteiger partial charge on any atom is 0.276 e. The van der Waals surface area contributed by atoms with Crippen LogP contribution in [0.3, 0.4) is 0 Å². The average molecular weight is 426 g/mol. The number of rotatable bonds is 7. The standard InChI is InChI=1S/C22H23FN4O4/c1-13-4-5-15(3)18(10-13)30-12-20(29)26-25-19(28)8-9-21-24-22(27-31-21)16-7-6-14(2)17(23)11-16/h4-7,10-11H,8-9,12H2,1-3H3,(H,25,28)(H,26,29). The zero-order valence-corrected chi connectivity index (χ0v) is 17.5. The second-order valence-corrected chi connectivity index (χ2v) is 7.13. The number of nitrogens with zero attached hydrogens (tertiary/aromatic N) is 2. The van der Waals surface area contributed by atoms with E-state index in [1.165, 1.54) is 6.07 Å². The van der Waals surface area contributed by atoms with E-state index in [-0.39, 0.29) is 37.0 Å². The quantitative estimate of drug-likeness (QED) is 0.563. The molecule has 0 spiro atoms. The van der Waals surface area contributed by atoms with Crippen LogP contribution >= 0.6 is 0 Å². The molecule has 8 nitrogen and oxygen atoms in total. The molecule has 0 aliphatic rings. The van der Waals surface area contributed by atoms with E-state index in [0.717, 1.165) is 11.1 Å². The molecule has 0 atom stereocenters. The summed E-state index contributed by atoms with van der Waals surface area (Å²) in [5, 5.41) is 3.80. The first-order valence-corrected chi connectivity index (χ1v) is 9.68. The predicted molar refractivity (Wildman–Crippen MR) is 110 cm³/mol. The summed E-state index contributed by atoms with van der Waals surface area (Å²) in [6, 6.07) is 10.3. The number of hydrazine groups is 1. The van der Waals surface area contributed by atoms with Crippen LogP contribution in [0.5, 0.6) is 5.75 Å². The summed E-state index contributed by atoms with van der Waals surface area (Å²) in [7, 11) is 0. The van der Waals surface area contributed by atoms with E-state index in [9.17, 15) is 14.0 Å². The molecule has 2 amide bonds. The number of carbonyl (C=O) groups is 2. The van der Waals surface area contributed by atoms with Gasteiger partial charge in [0.1, 0.15) is 11.6 Å². The van der Waals surface area contributed by atoms with Crippen molar-refractivity contribution >= 4 is 11.8 Å². The van der Waals surface area contributed by atoms with Gasteiger partial charge in [0.05, 0.1) is 0 Å². The van der Waals surface area contributed by atoms with E-state index in [1.807, 2.05) is 32.0 Å². The number of halogens is 1. The number of aromatic nitrogens is 2. The SMILES string of the molecule is Cc1ccc(C)c(OCC(=O)NNC(=O)CCc2nc(-c3ccc(C)c(F)c3)no2)c1. The Morgan fingerprint density at radius 2 is 1.77 bits per heavy atom. The highest BCUT2D eigenvalue weighted by Crippen LogP contribution is 2.20. The van der Waals surface area contributed by atoms with E-state index < -0.39 is 11.8 Å². The predicted octanol–water partition coefficient (Wildman–Crippen LogP) is 2.96. The smallest absolute Gasteiger partial charge is 0.276 e. The molecule has 162 valence electrons. The van der Waals surface area contributed by atoms with Crippen LogP contribution in [0, 0.1) is 26.6 Å². The highest BCUT2D eigenvalue weighted by molar-refractivity contribution is 5.82. The third kappa shape index (κ3) is 6.11. The Kier molecular flexibility index (Phi) is 6.96. The lowest BCUT2D eigenvalue weighted by Crippen LogP contribution is -2.43. The molecule has 1 heterocycles. The van der Waals surface area contributed by atoms with Gasteiger partial charge in [-0.25, -0.2) is 4.39 Å². The Labute approximate surface area is 178 Å². The van der Waals surface area contributed by atoms with Crippen LogP contribution in [0.1, 0.15) is 29.0 Å². The summed E-state index contributed by atoms with van der Waals surface area (Å²) in [4.78, 5) is 28.0. The Bertz CT molecular complexity index is 1100. The van der Waals surface area contributed by atoms with Crippen LogP contribution in [-0.2, 0) is 16.0 Å². The monoisotopic (exact) mass is 426 g/mol. The molecule has 0 unspecified atom stereocenters. The maximum absolute atomic E-state index is 13.7. The van der Waals surface area contributed by atoms with Crippen molar-refractivity contribution in [2.75, 3.05) is 6.61 Å². The van der Waals surface area contributed by atoms with Crippen molar-refractivity contribution in [1.82, 2.24) is 21.0 Å². The molecular formula is C22H23FN4O4. The first-order chi connectivity index (χ1) is 14.8. The van der Waals surface area contributed by atoms with Crippen molar-refractivity contribution in [1.29, 1.82) is 0 Å². The van der Waals surface area contributed by atoms with Crippen molar-refractivity contribution < 1.29 is 23.2 Å². The van der Waals surface area contributed by atoms with E-state index >= 15 is 0 Å². The van der Waals surface area contributed by atoms with E-state index in [2.05, 4.69) is 21.0 Å². The topological polar surface area (TPSA) is 106 Å². The molecule has 0 fully saturated rings. The molecular weight excluding hydrogens is 403 g/mol. The summed E-state index contributed by atoms with van der Waals surface area (Å²) >= 11 is 0. The van der Waals surface area contributed by atoms with E-state index in [0.29, 0.717) is 16.9 Å². The van der Waals surface area contributed by atoms with E-state index in [4.69, 9.17) is 9.26 Å². The number of amides is 2. The molecule has 31 heavy (non-hydrogen) atoms. The van der Waals surface area contributed by atoms with Crippen molar-refractivity contribution in [3.05, 3.63) is 64.8 Å². The highest BCUT2D eigenvalue weighted by Gasteiger charge is 2.13. The Hall–Kier alpha value is -3.75. The number of aryl methyl sites for hydroxylation is 4. The van der Waals surface area contributed by atoms with Crippen molar-refractivity contribution in [2.24, 2.45) is 0 Å². The number of ether oxygens (including phenoxy) is 1. The Morgan fingerprint density at radius 1 is 1.03 bits per heavy atom. The van der Waals surface area contributed by atoms with Gasteiger partial charge in [-0.05, 0) is 49.6 Å². The van der Waals surface area contributed by atoms with Crippen molar-refractivity contribution in [3.63, 3.8) is 0 Å². The van der Waals surface area contributed by atoms with Crippen molar-refractivity contribution in [2.45, 2.75) is 33.6 Å². The van der Waals surface area contributed by atoms with Crippen LogP contribution in [0.25, 0.3) is 11.4 Å². The van der Waals surface area contributed by atoms with E-state index in [1.54, 1.807) is 19.1 Å². The van der Waals surface area contributed by atoms with Gasteiger partial charge in [-0.2, -0.15) is 4.98 Å². The van der Waals surface area contributed by atoms with Gasteiger partial charge in [0.15, 0.2) is 6.61 Å². The minimum absolute atomic E-state index is 0.0159. The normalized spacial score (nSPS) is 10.6. The largest absolute Gasteiger partial charge is 0.483 e. The molecule has 1 aromatic heterocycles. The number of nitrogens with one attached hydrogen (secondary N) is 2. The van der Waals surface area contributed by atoms with Gasteiger partial charge >= 0.3 is 0 Å². The van der Waals surface area contributed by atoms with Crippen LogP contribution in [0.4, 0.5) is 4.39 Å². The third-order valence-electron chi connectivity index (χ3n) is 4.51. The maximum atomic E-state index is 13.7. The molecule has 0 aliphatic carbocycles. The average Bonchev–Trinajstić information content (AvgIpc) is 3.22. The number of benzene rings is 2. The summed E-state index contributed by atoms with van der Waals surface area (Å²) < 4.78 is 24.3. The summed E-state index contributed by atoms with van der Waals surface area (Å²) in [6.45, 7) is 5.24. The van der Waals surface area contributed by atoms with Crippen LogP contribution in [0.2, 0.25) is 0 Å². The number of hydrogen-bond acceptors (Lipinski definition) is 6. The van der Waals surface area contributed by atoms with Gasteiger partial charge in [-0.1, -0.05) is 29.4 Å². The minimum atomic E-state index is -0.490. The summed E-state index contributed by atoms with van der Waals surface area (Å²) in [5.74, 6) is -0.193. The van der Waals surface area contributed by atoms with Crippen molar-refractivity contribution in [3.8, 4) is 17.1 Å². The Morgan fingerprint density at radius 3 is 2.55 bits per heavy atom. The summed E-state index contributed by atoms with van der Waals surface area (Å²) in [6.07, 6.45) is 0.185. The van der Waals surface area contributed by atoms with Gasteiger partial charge in [0.25, 0.3) is 5.91 Å². The molecule has 3 rings (SSSR count). The molecule has 0 aliphatic heterocycles. The lowest BCUT2D eigenvalue weighted by atomic mass is 10.1.